The van der Waals surface area contributed by atoms with Gasteiger partial charge in [-0.25, -0.2) is 4.52 Å². The van der Waals surface area contributed by atoms with Crippen molar-refractivity contribution in [3.63, 3.8) is 0 Å². The molecule has 3 N–H and O–H groups in total. The molecule has 5 nitrogen and oxygen atoms in total. The molecule has 0 fully saturated rings. The first-order valence-electron chi connectivity index (χ1n) is 5.95. The summed E-state index contributed by atoms with van der Waals surface area (Å²) in [7, 11) is 0. The molecule has 0 spiro atoms. The molecule has 0 atom stereocenters. The Kier molecular flexibility index (Phi) is 3.04. The third kappa shape index (κ3) is 2.19. The first kappa shape index (κ1) is 12.5. The highest BCUT2D eigenvalue weighted by Gasteiger charge is 2.13. The summed E-state index contributed by atoms with van der Waals surface area (Å²) in [4.78, 5) is 12.3. The molecule has 0 radical (unpaired) electrons. The first-order valence-corrected chi connectivity index (χ1v) is 6.33. The Morgan fingerprint density at radius 2 is 1.90 bits per heavy atom. The lowest BCUT2D eigenvalue weighted by Gasteiger charge is -2.07. The molecule has 2 aromatic heterocycles. The molecule has 2 heterocycles. The minimum Gasteiger partial charge on any atom is -0.382 e. The first-order chi connectivity index (χ1) is 9.65. The van der Waals surface area contributed by atoms with Gasteiger partial charge in [-0.1, -0.05) is 23.7 Å². The number of carbonyl (C=O) groups excluding carboxylic acids is 1. The quantitative estimate of drug-likeness (QED) is 0.761. The summed E-state index contributed by atoms with van der Waals surface area (Å²) < 4.78 is 1.50. The molecule has 6 heteroatoms. The molecule has 3 aromatic rings. The number of amides is 1. The number of nitrogens with two attached hydrogens (primary N) is 1. The van der Waals surface area contributed by atoms with E-state index in [0.29, 0.717) is 22.2 Å². The van der Waals surface area contributed by atoms with Crippen molar-refractivity contribution < 1.29 is 4.79 Å². The van der Waals surface area contributed by atoms with Gasteiger partial charge in [-0.05, 0) is 36.4 Å². The lowest BCUT2D eigenvalue weighted by atomic mass is 10.3. The van der Waals surface area contributed by atoms with Crippen LogP contribution in [0.3, 0.4) is 0 Å². The van der Waals surface area contributed by atoms with Gasteiger partial charge >= 0.3 is 0 Å². The van der Waals surface area contributed by atoms with Gasteiger partial charge in [-0.2, -0.15) is 5.10 Å². The fraction of sp³-hybridized carbons (Fsp3) is 0. The topological polar surface area (TPSA) is 72.4 Å². The van der Waals surface area contributed by atoms with Gasteiger partial charge in [0.25, 0.3) is 5.91 Å². The second kappa shape index (κ2) is 4.86. The SMILES string of the molecule is Nc1ccc2ccc(C(=O)Nc3ccccc3Cl)n2n1. The minimum absolute atomic E-state index is 0.295. The fourth-order valence-electron chi connectivity index (χ4n) is 1.92. The van der Waals surface area contributed by atoms with E-state index >= 15 is 0 Å². The zero-order chi connectivity index (χ0) is 14.1. The maximum Gasteiger partial charge on any atom is 0.274 e. The number of para-hydroxylation sites is 1. The van der Waals surface area contributed by atoms with Crippen molar-refractivity contribution >= 4 is 34.5 Å². The van der Waals surface area contributed by atoms with Crippen molar-refractivity contribution in [3.8, 4) is 0 Å². The van der Waals surface area contributed by atoms with E-state index < -0.39 is 0 Å². The number of nitrogen functional groups attached to an aromatic ring is 1. The Morgan fingerprint density at radius 3 is 2.70 bits per heavy atom. The lowest BCUT2D eigenvalue weighted by Crippen LogP contribution is -2.15. The number of nitrogens with one attached hydrogen (secondary N) is 1. The Labute approximate surface area is 120 Å². The lowest BCUT2D eigenvalue weighted by molar-refractivity contribution is 0.102. The van der Waals surface area contributed by atoms with Crippen LogP contribution in [-0.4, -0.2) is 15.5 Å². The molecular formula is C14H11ClN4O. The van der Waals surface area contributed by atoms with E-state index in [2.05, 4.69) is 10.4 Å². The standard InChI is InChI=1S/C14H11ClN4O/c15-10-3-1-2-4-11(10)17-14(20)12-7-5-9-6-8-13(16)18-19(9)12/h1-8H,(H2,16,18)(H,17,20). The highest BCUT2D eigenvalue weighted by Crippen LogP contribution is 2.21. The molecule has 0 bridgehead atoms. The predicted molar refractivity (Wildman–Crippen MR) is 79.0 cm³/mol. The van der Waals surface area contributed by atoms with Crippen molar-refractivity contribution in [1.82, 2.24) is 9.61 Å². The molecule has 1 amide bonds. The number of nitrogens with zero attached hydrogens (tertiary/aromatic N) is 2. The Bertz CT molecular complexity index is 797. The maximum atomic E-state index is 12.3. The van der Waals surface area contributed by atoms with E-state index in [4.69, 9.17) is 17.3 Å². The number of halogens is 1. The number of rotatable bonds is 2. The van der Waals surface area contributed by atoms with Crippen LogP contribution >= 0.6 is 11.6 Å². The highest BCUT2D eigenvalue weighted by molar-refractivity contribution is 6.33. The molecule has 0 aliphatic heterocycles. The van der Waals surface area contributed by atoms with Crippen LogP contribution in [0, 0.1) is 0 Å². The van der Waals surface area contributed by atoms with Gasteiger partial charge in [0.2, 0.25) is 0 Å². The smallest absolute Gasteiger partial charge is 0.274 e. The van der Waals surface area contributed by atoms with Crippen molar-refractivity contribution in [2.75, 3.05) is 11.1 Å². The number of anilines is 2. The van der Waals surface area contributed by atoms with Gasteiger partial charge in [0, 0.05) is 0 Å². The normalized spacial score (nSPS) is 10.7. The minimum atomic E-state index is -0.295. The Balaban J connectivity index is 1.97. The van der Waals surface area contributed by atoms with Crippen molar-refractivity contribution in [2.24, 2.45) is 0 Å². The number of carbonyl (C=O) groups is 1. The number of fused-ring (bicyclic) bond motifs is 1. The number of hydrogen-bond donors (Lipinski definition) is 2. The number of aromatic nitrogens is 2. The van der Waals surface area contributed by atoms with Crippen LogP contribution in [0.2, 0.25) is 5.02 Å². The Morgan fingerprint density at radius 1 is 1.15 bits per heavy atom. The highest BCUT2D eigenvalue weighted by atomic mass is 35.5. The van der Waals surface area contributed by atoms with E-state index in [1.807, 2.05) is 0 Å². The molecule has 0 unspecified atom stereocenters. The summed E-state index contributed by atoms with van der Waals surface area (Å²) in [5.74, 6) is 0.0525. The summed E-state index contributed by atoms with van der Waals surface area (Å²) in [5.41, 5.74) is 7.39. The van der Waals surface area contributed by atoms with E-state index in [0.717, 1.165) is 5.52 Å². The van der Waals surface area contributed by atoms with Crippen LogP contribution < -0.4 is 11.1 Å². The van der Waals surface area contributed by atoms with Gasteiger partial charge in [-0.3, -0.25) is 4.79 Å². The van der Waals surface area contributed by atoms with E-state index in [1.54, 1.807) is 48.5 Å². The van der Waals surface area contributed by atoms with Crippen LogP contribution in [0.1, 0.15) is 10.5 Å². The van der Waals surface area contributed by atoms with Gasteiger partial charge in [0.1, 0.15) is 11.5 Å². The van der Waals surface area contributed by atoms with Crippen molar-refractivity contribution in [1.29, 1.82) is 0 Å². The van der Waals surface area contributed by atoms with Crippen LogP contribution in [0.15, 0.2) is 48.5 Å². The van der Waals surface area contributed by atoms with Gasteiger partial charge in [0.05, 0.1) is 16.2 Å². The molecule has 0 saturated heterocycles. The molecule has 1 aromatic carbocycles. The summed E-state index contributed by atoms with van der Waals surface area (Å²) in [5, 5.41) is 7.35. The van der Waals surface area contributed by atoms with E-state index in [-0.39, 0.29) is 5.91 Å². The maximum absolute atomic E-state index is 12.3. The summed E-state index contributed by atoms with van der Waals surface area (Å²) in [6, 6.07) is 14.0. The average Bonchev–Trinajstić information content (AvgIpc) is 2.84. The van der Waals surface area contributed by atoms with Crippen molar-refractivity contribution in [3.05, 3.63) is 59.2 Å². The van der Waals surface area contributed by atoms with E-state index in [9.17, 15) is 4.79 Å². The fourth-order valence-corrected chi connectivity index (χ4v) is 2.11. The van der Waals surface area contributed by atoms with Gasteiger partial charge in [0.15, 0.2) is 0 Å². The molecule has 0 aliphatic rings. The molecular weight excluding hydrogens is 276 g/mol. The zero-order valence-corrected chi connectivity index (χ0v) is 11.1. The summed E-state index contributed by atoms with van der Waals surface area (Å²) in [6.07, 6.45) is 0. The number of hydrogen-bond acceptors (Lipinski definition) is 3. The molecule has 0 saturated carbocycles. The molecule has 20 heavy (non-hydrogen) atoms. The van der Waals surface area contributed by atoms with E-state index in [1.165, 1.54) is 4.52 Å². The second-order valence-corrected chi connectivity index (χ2v) is 4.65. The third-order valence-electron chi connectivity index (χ3n) is 2.88. The largest absolute Gasteiger partial charge is 0.382 e. The van der Waals surface area contributed by atoms with Gasteiger partial charge in [-0.15, -0.1) is 0 Å². The number of benzene rings is 1. The molecule has 0 aliphatic carbocycles. The van der Waals surface area contributed by atoms with Gasteiger partial charge < -0.3 is 11.1 Å². The van der Waals surface area contributed by atoms with Crippen LogP contribution in [-0.2, 0) is 0 Å². The zero-order valence-electron chi connectivity index (χ0n) is 10.4. The summed E-state index contributed by atoms with van der Waals surface area (Å²) in [6.45, 7) is 0. The molecule has 100 valence electrons. The monoisotopic (exact) mass is 286 g/mol. The predicted octanol–water partition coefficient (Wildman–Crippen LogP) is 2.82. The van der Waals surface area contributed by atoms with Crippen molar-refractivity contribution in [2.45, 2.75) is 0 Å². The second-order valence-electron chi connectivity index (χ2n) is 4.25. The van der Waals surface area contributed by atoms with Crippen LogP contribution in [0.5, 0.6) is 0 Å². The average molecular weight is 287 g/mol. The Hall–Kier alpha value is -2.53. The molecule has 3 rings (SSSR count). The van der Waals surface area contributed by atoms with Crippen LogP contribution in [0.25, 0.3) is 5.52 Å². The van der Waals surface area contributed by atoms with Crippen LogP contribution in [0.4, 0.5) is 11.5 Å². The summed E-state index contributed by atoms with van der Waals surface area (Å²) >= 11 is 6.02. The third-order valence-corrected chi connectivity index (χ3v) is 3.21.